The van der Waals surface area contributed by atoms with E-state index in [2.05, 4.69) is 9.97 Å². The summed E-state index contributed by atoms with van der Waals surface area (Å²) in [5.74, 6) is -1.15. The van der Waals surface area contributed by atoms with Gasteiger partial charge in [-0.15, -0.1) is 0 Å². The Bertz CT molecular complexity index is 1140. The lowest BCUT2D eigenvalue weighted by Crippen LogP contribution is -2.35. The molecule has 2 aromatic carbocycles. The maximum Gasteiger partial charge on any atom is 0.289 e. The second-order valence-electron chi connectivity index (χ2n) is 4.92. The standard InChI is InChI=1S/C15H9Cl2N3O4S/c16-9-6-7-10-12(11(9)17)19-14(21)13(18-10)15(22)20-25(23,24)8-4-2-1-3-5-8/h1-7H,(H,19,21)(H,20,22). The number of H-pyrrole nitrogens is 1. The lowest BCUT2D eigenvalue weighted by molar-refractivity contribution is 0.0975. The van der Waals surface area contributed by atoms with Crippen molar-refractivity contribution in [3.05, 3.63) is 68.6 Å². The van der Waals surface area contributed by atoms with Gasteiger partial charge in [0.15, 0.2) is 5.69 Å². The molecule has 7 nitrogen and oxygen atoms in total. The number of amides is 1. The Morgan fingerprint density at radius 1 is 1.08 bits per heavy atom. The number of nitrogens with zero attached hydrogens (tertiary/aromatic N) is 1. The van der Waals surface area contributed by atoms with Crippen molar-refractivity contribution in [1.82, 2.24) is 14.7 Å². The predicted octanol–water partition coefficient (Wildman–Crippen LogP) is 2.35. The fraction of sp³-hybridized carbons (Fsp3) is 0. The van der Waals surface area contributed by atoms with Gasteiger partial charge in [-0.2, -0.15) is 0 Å². The van der Waals surface area contributed by atoms with E-state index in [1.165, 1.54) is 36.4 Å². The molecule has 0 bridgehead atoms. The van der Waals surface area contributed by atoms with Gasteiger partial charge in [-0.3, -0.25) is 9.59 Å². The summed E-state index contributed by atoms with van der Waals surface area (Å²) >= 11 is 11.8. The SMILES string of the molecule is O=C(NS(=O)(=O)c1ccccc1)c1nc2ccc(Cl)c(Cl)c2[nH]c1=O. The number of hydrogen-bond acceptors (Lipinski definition) is 5. The van der Waals surface area contributed by atoms with Gasteiger partial charge in [-0.05, 0) is 24.3 Å². The van der Waals surface area contributed by atoms with Gasteiger partial charge in [0.1, 0.15) is 0 Å². The topological polar surface area (TPSA) is 109 Å². The van der Waals surface area contributed by atoms with Crippen LogP contribution in [-0.4, -0.2) is 24.3 Å². The van der Waals surface area contributed by atoms with Crippen LogP contribution in [0.3, 0.4) is 0 Å². The van der Waals surface area contributed by atoms with Gasteiger partial charge in [0, 0.05) is 0 Å². The van der Waals surface area contributed by atoms with Crippen molar-refractivity contribution in [2.24, 2.45) is 0 Å². The molecule has 10 heteroatoms. The van der Waals surface area contributed by atoms with Gasteiger partial charge < -0.3 is 4.98 Å². The Balaban J connectivity index is 2.02. The molecule has 2 N–H and O–H groups in total. The molecule has 3 rings (SSSR count). The third-order valence-corrected chi connectivity index (χ3v) is 5.41. The van der Waals surface area contributed by atoms with Crippen molar-refractivity contribution in [2.75, 3.05) is 0 Å². The molecule has 128 valence electrons. The molecule has 3 aromatic rings. The summed E-state index contributed by atoms with van der Waals surface area (Å²) in [4.78, 5) is 30.5. The molecule has 0 aliphatic rings. The van der Waals surface area contributed by atoms with Crippen LogP contribution in [0.2, 0.25) is 10.0 Å². The van der Waals surface area contributed by atoms with Crippen LogP contribution >= 0.6 is 23.2 Å². The third-order valence-electron chi connectivity index (χ3n) is 3.25. The van der Waals surface area contributed by atoms with Crippen LogP contribution in [0.5, 0.6) is 0 Å². The van der Waals surface area contributed by atoms with E-state index in [0.717, 1.165) is 0 Å². The summed E-state index contributed by atoms with van der Waals surface area (Å²) in [6, 6.07) is 10.2. The van der Waals surface area contributed by atoms with Crippen LogP contribution in [0.1, 0.15) is 10.5 Å². The van der Waals surface area contributed by atoms with Crippen LogP contribution in [-0.2, 0) is 10.0 Å². The van der Waals surface area contributed by atoms with Gasteiger partial charge in [-0.25, -0.2) is 18.1 Å². The number of benzene rings is 2. The first-order valence-electron chi connectivity index (χ1n) is 6.80. The Morgan fingerprint density at radius 2 is 1.76 bits per heavy atom. The van der Waals surface area contributed by atoms with Gasteiger partial charge in [0.25, 0.3) is 21.5 Å². The maximum absolute atomic E-state index is 12.2. The number of halogens is 2. The van der Waals surface area contributed by atoms with Crippen LogP contribution < -0.4 is 10.3 Å². The zero-order valence-electron chi connectivity index (χ0n) is 12.3. The first-order chi connectivity index (χ1) is 11.8. The number of hydrogen-bond donors (Lipinski definition) is 2. The molecule has 1 amide bonds. The molecule has 0 aliphatic heterocycles. The van der Waals surface area contributed by atoms with Crippen molar-refractivity contribution in [3.63, 3.8) is 0 Å². The van der Waals surface area contributed by atoms with Gasteiger partial charge in [0.05, 0.1) is 26.0 Å². The quantitative estimate of drug-likeness (QED) is 0.704. The molecule has 0 atom stereocenters. The second kappa shape index (κ2) is 6.47. The molecule has 0 spiro atoms. The molecule has 0 aliphatic carbocycles. The highest BCUT2D eigenvalue weighted by Crippen LogP contribution is 2.27. The average Bonchev–Trinajstić information content (AvgIpc) is 2.58. The van der Waals surface area contributed by atoms with Crippen LogP contribution in [0, 0.1) is 0 Å². The number of rotatable bonds is 3. The first kappa shape index (κ1) is 17.4. The van der Waals surface area contributed by atoms with Crippen molar-refractivity contribution < 1.29 is 13.2 Å². The van der Waals surface area contributed by atoms with Crippen molar-refractivity contribution in [1.29, 1.82) is 0 Å². The van der Waals surface area contributed by atoms with E-state index < -0.39 is 27.2 Å². The van der Waals surface area contributed by atoms with E-state index in [1.54, 1.807) is 6.07 Å². The lowest BCUT2D eigenvalue weighted by atomic mass is 10.3. The fourth-order valence-corrected chi connectivity index (χ4v) is 3.42. The molecule has 0 unspecified atom stereocenters. The Kier molecular flexibility index (Phi) is 4.51. The largest absolute Gasteiger partial charge is 0.317 e. The van der Waals surface area contributed by atoms with E-state index in [1.807, 2.05) is 4.72 Å². The minimum atomic E-state index is -4.13. The smallest absolute Gasteiger partial charge is 0.289 e. The zero-order valence-corrected chi connectivity index (χ0v) is 14.6. The summed E-state index contributed by atoms with van der Waals surface area (Å²) in [5, 5.41) is 0.281. The van der Waals surface area contributed by atoms with E-state index >= 15 is 0 Å². The van der Waals surface area contributed by atoms with Gasteiger partial charge >= 0.3 is 0 Å². The van der Waals surface area contributed by atoms with E-state index in [4.69, 9.17) is 23.2 Å². The number of sulfonamides is 1. The van der Waals surface area contributed by atoms with Gasteiger partial charge in [0.2, 0.25) is 0 Å². The summed E-state index contributed by atoms with van der Waals surface area (Å²) < 4.78 is 26.2. The van der Waals surface area contributed by atoms with Crippen molar-refractivity contribution >= 4 is 50.2 Å². The van der Waals surface area contributed by atoms with Gasteiger partial charge in [-0.1, -0.05) is 41.4 Å². The Labute approximate surface area is 151 Å². The van der Waals surface area contributed by atoms with Crippen LogP contribution in [0.15, 0.2) is 52.2 Å². The number of carbonyl (C=O) groups excluding carboxylic acids is 1. The number of carbonyl (C=O) groups is 1. The summed E-state index contributed by atoms with van der Waals surface area (Å²) in [6.45, 7) is 0. The maximum atomic E-state index is 12.2. The molecule has 25 heavy (non-hydrogen) atoms. The Hall–Kier alpha value is -2.42. The van der Waals surface area contributed by atoms with Crippen LogP contribution in [0.25, 0.3) is 11.0 Å². The summed E-state index contributed by atoms with van der Waals surface area (Å²) in [6.07, 6.45) is 0. The Morgan fingerprint density at radius 3 is 2.44 bits per heavy atom. The highest BCUT2D eigenvalue weighted by molar-refractivity contribution is 7.90. The fourth-order valence-electron chi connectivity index (χ4n) is 2.08. The highest BCUT2D eigenvalue weighted by atomic mass is 35.5. The number of fused-ring (bicyclic) bond motifs is 1. The van der Waals surface area contributed by atoms with E-state index in [9.17, 15) is 18.0 Å². The van der Waals surface area contributed by atoms with Crippen LogP contribution in [0.4, 0.5) is 0 Å². The van der Waals surface area contributed by atoms with E-state index in [-0.39, 0.29) is 26.0 Å². The number of nitrogens with one attached hydrogen (secondary N) is 2. The minimum Gasteiger partial charge on any atom is -0.317 e. The zero-order chi connectivity index (χ0) is 18.2. The normalized spacial score (nSPS) is 11.4. The summed E-state index contributed by atoms with van der Waals surface area (Å²) in [7, 11) is -4.13. The molecule has 0 radical (unpaired) electrons. The molecule has 1 aromatic heterocycles. The molecular formula is C15H9Cl2N3O4S. The number of aromatic nitrogens is 2. The first-order valence-corrected chi connectivity index (χ1v) is 9.04. The third kappa shape index (κ3) is 3.37. The lowest BCUT2D eigenvalue weighted by Gasteiger charge is -2.07. The van der Waals surface area contributed by atoms with Crippen molar-refractivity contribution in [2.45, 2.75) is 4.90 Å². The summed E-state index contributed by atoms with van der Waals surface area (Å²) in [5.41, 5.74) is -1.15. The molecule has 0 saturated heterocycles. The average molecular weight is 398 g/mol. The highest BCUT2D eigenvalue weighted by Gasteiger charge is 2.22. The molecule has 0 saturated carbocycles. The molecule has 1 heterocycles. The monoisotopic (exact) mass is 397 g/mol. The molecular weight excluding hydrogens is 389 g/mol. The minimum absolute atomic E-state index is 0.0765. The predicted molar refractivity (Wildman–Crippen MR) is 93.5 cm³/mol. The van der Waals surface area contributed by atoms with E-state index in [0.29, 0.717) is 0 Å². The molecule has 0 fully saturated rings. The number of aromatic amines is 1. The second-order valence-corrected chi connectivity index (χ2v) is 7.39. The van der Waals surface area contributed by atoms with Crippen molar-refractivity contribution in [3.8, 4) is 0 Å².